The van der Waals surface area contributed by atoms with Gasteiger partial charge in [0.1, 0.15) is 5.75 Å². The maximum atomic E-state index is 13.2. The molecule has 0 bridgehead atoms. The van der Waals surface area contributed by atoms with Gasteiger partial charge in [-0.15, -0.1) is 0 Å². The van der Waals surface area contributed by atoms with Crippen molar-refractivity contribution in [2.75, 3.05) is 32.9 Å². The number of para-hydroxylation sites is 1. The molecule has 1 aromatic rings. The zero-order valence-corrected chi connectivity index (χ0v) is 15.3. The van der Waals surface area contributed by atoms with Crippen molar-refractivity contribution in [1.82, 2.24) is 15.5 Å². The first-order chi connectivity index (χ1) is 12.1. The minimum Gasteiger partial charge on any atom is -0.494 e. The van der Waals surface area contributed by atoms with Crippen molar-refractivity contribution in [2.24, 2.45) is 0 Å². The lowest BCUT2D eigenvalue weighted by atomic mass is 9.93. The van der Waals surface area contributed by atoms with Gasteiger partial charge in [-0.25, -0.2) is 0 Å². The van der Waals surface area contributed by atoms with Crippen molar-refractivity contribution >= 4 is 23.2 Å². The predicted molar refractivity (Wildman–Crippen MR) is 99.3 cm³/mol. The Morgan fingerprint density at radius 3 is 2.80 bits per heavy atom. The number of hydrogen-bond acceptors (Lipinski definition) is 4. The molecule has 1 saturated heterocycles. The third-order valence-corrected chi connectivity index (χ3v) is 4.55. The Balaban J connectivity index is 1.99. The van der Waals surface area contributed by atoms with Gasteiger partial charge in [0.05, 0.1) is 31.4 Å². The summed E-state index contributed by atoms with van der Waals surface area (Å²) in [6, 6.07) is 7.41. The van der Waals surface area contributed by atoms with Crippen LogP contribution in [0.4, 0.5) is 0 Å². The van der Waals surface area contributed by atoms with Crippen LogP contribution in [0, 0.1) is 0 Å². The molecule has 1 aromatic carbocycles. The fourth-order valence-electron chi connectivity index (χ4n) is 3.15. The third kappa shape index (κ3) is 3.77. The summed E-state index contributed by atoms with van der Waals surface area (Å²) in [5.41, 5.74) is 2.35. The first-order valence-corrected chi connectivity index (χ1v) is 8.89. The Hall–Kier alpha value is -2.12. The number of allylic oxidation sites excluding steroid dienone is 1. The number of rotatable bonds is 4. The van der Waals surface area contributed by atoms with Crippen molar-refractivity contribution in [3.63, 3.8) is 0 Å². The second-order valence-electron chi connectivity index (χ2n) is 5.95. The van der Waals surface area contributed by atoms with E-state index in [0.29, 0.717) is 43.6 Å². The van der Waals surface area contributed by atoms with Gasteiger partial charge in [-0.2, -0.15) is 0 Å². The highest BCUT2D eigenvalue weighted by Gasteiger charge is 2.34. The fourth-order valence-corrected chi connectivity index (χ4v) is 3.42. The van der Waals surface area contributed by atoms with Gasteiger partial charge in [0.2, 0.25) is 0 Å². The normalized spacial score (nSPS) is 20.8. The molecule has 2 aliphatic rings. The lowest BCUT2D eigenvalue weighted by Gasteiger charge is -2.35. The maximum Gasteiger partial charge on any atom is 0.254 e. The highest BCUT2D eigenvalue weighted by Crippen LogP contribution is 2.34. The van der Waals surface area contributed by atoms with E-state index in [9.17, 15) is 4.79 Å². The molecule has 1 atom stereocenters. The molecule has 25 heavy (non-hydrogen) atoms. The van der Waals surface area contributed by atoms with E-state index in [1.54, 1.807) is 0 Å². The molecule has 0 spiro atoms. The molecule has 3 rings (SSSR count). The molecule has 2 heterocycles. The molecule has 134 valence electrons. The Labute approximate surface area is 153 Å². The van der Waals surface area contributed by atoms with Gasteiger partial charge in [-0.3, -0.25) is 4.79 Å². The number of morpholine rings is 1. The molecule has 0 unspecified atom stereocenters. The zero-order valence-electron chi connectivity index (χ0n) is 14.5. The number of nitrogens with one attached hydrogen (secondary N) is 2. The topological polar surface area (TPSA) is 62.8 Å². The summed E-state index contributed by atoms with van der Waals surface area (Å²) < 4.78 is 11.1. The molecule has 0 aliphatic carbocycles. The zero-order chi connectivity index (χ0) is 17.8. The van der Waals surface area contributed by atoms with Crippen molar-refractivity contribution in [2.45, 2.75) is 19.9 Å². The van der Waals surface area contributed by atoms with Gasteiger partial charge < -0.3 is 25.0 Å². The summed E-state index contributed by atoms with van der Waals surface area (Å²) in [6.45, 7) is 6.71. The highest BCUT2D eigenvalue weighted by atomic mass is 32.1. The Kier molecular flexibility index (Phi) is 5.55. The van der Waals surface area contributed by atoms with Gasteiger partial charge in [0, 0.05) is 24.4 Å². The maximum absolute atomic E-state index is 13.2. The molecule has 0 saturated carbocycles. The van der Waals surface area contributed by atoms with E-state index in [2.05, 4.69) is 10.6 Å². The molecule has 1 fully saturated rings. The number of carbonyl (C=O) groups is 1. The van der Waals surface area contributed by atoms with Crippen LogP contribution in [0.3, 0.4) is 0 Å². The summed E-state index contributed by atoms with van der Waals surface area (Å²) in [5, 5.41) is 6.82. The van der Waals surface area contributed by atoms with Crippen molar-refractivity contribution < 1.29 is 14.3 Å². The van der Waals surface area contributed by atoms with Crippen molar-refractivity contribution in [1.29, 1.82) is 0 Å². The molecule has 0 radical (unpaired) electrons. The number of nitrogens with zero attached hydrogens (tertiary/aromatic N) is 1. The van der Waals surface area contributed by atoms with E-state index in [-0.39, 0.29) is 11.9 Å². The Morgan fingerprint density at radius 1 is 1.36 bits per heavy atom. The number of amides is 1. The Morgan fingerprint density at radius 2 is 2.08 bits per heavy atom. The van der Waals surface area contributed by atoms with Crippen LogP contribution in [0.5, 0.6) is 5.75 Å². The number of benzene rings is 1. The monoisotopic (exact) mass is 361 g/mol. The average molecular weight is 361 g/mol. The lowest BCUT2D eigenvalue weighted by Crippen LogP contribution is -2.49. The molecular weight excluding hydrogens is 338 g/mol. The summed E-state index contributed by atoms with van der Waals surface area (Å²) in [7, 11) is 0. The van der Waals surface area contributed by atoms with Crippen LogP contribution in [-0.2, 0) is 9.53 Å². The van der Waals surface area contributed by atoms with E-state index in [0.717, 1.165) is 17.0 Å². The summed E-state index contributed by atoms with van der Waals surface area (Å²) >= 11 is 5.32. The predicted octanol–water partition coefficient (Wildman–Crippen LogP) is 1.74. The molecule has 7 heteroatoms. The van der Waals surface area contributed by atoms with E-state index in [1.807, 2.05) is 43.0 Å². The van der Waals surface area contributed by atoms with E-state index < -0.39 is 0 Å². The summed E-state index contributed by atoms with van der Waals surface area (Å²) in [4.78, 5) is 15.0. The van der Waals surface area contributed by atoms with Crippen LogP contribution in [-0.4, -0.2) is 48.8 Å². The van der Waals surface area contributed by atoms with Crippen molar-refractivity contribution in [3.05, 3.63) is 41.1 Å². The number of thiocarbonyl (C=S) groups is 1. The second-order valence-corrected chi connectivity index (χ2v) is 6.35. The van der Waals surface area contributed by atoms with Gasteiger partial charge in [-0.1, -0.05) is 18.2 Å². The number of hydrogen-bond donors (Lipinski definition) is 2. The van der Waals surface area contributed by atoms with Crippen LogP contribution in [0.1, 0.15) is 25.5 Å². The van der Waals surface area contributed by atoms with Crippen LogP contribution in [0.15, 0.2) is 35.5 Å². The minimum atomic E-state index is -0.341. The molecule has 6 nitrogen and oxygen atoms in total. The summed E-state index contributed by atoms with van der Waals surface area (Å²) in [6.07, 6.45) is 0. The van der Waals surface area contributed by atoms with E-state index in [4.69, 9.17) is 21.7 Å². The van der Waals surface area contributed by atoms with Gasteiger partial charge in [0.15, 0.2) is 5.11 Å². The van der Waals surface area contributed by atoms with Gasteiger partial charge in [-0.05, 0) is 32.1 Å². The Bertz CT molecular complexity index is 699. The van der Waals surface area contributed by atoms with Crippen LogP contribution < -0.4 is 15.4 Å². The largest absolute Gasteiger partial charge is 0.494 e. The average Bonchev–Trinajstić information content (AvgIpc) is 2.62. The molecule has 1 amide bonds. The van der Waals surface area contributed by atoms with Gasteiger partial charge >= 0.3 is 0 Å². The fraction of sp³-hybridized carbons (Fsp3) is 0.444. The van der Waals surface area contributed by atoms with Crippen molar-refractivity contribution in [3.8, 4) is 5.75 Å². The SMILES string of the molecule is CCOc1ccccc1[C@H]1NC(=S)NC(C)=C1C(=O)N1CCOCC1. The first-order valence-electron chi connectivity index (χ1n) is 8.48. The smallest absolute Gasteiger partial charge is 0.254 e. The third-order valence-electron chi connectivity index (χ3n) is 4.33. The van der Waals surface area contributed by atoms with Crippen LogP contribution >= 0.6 is 12.2 Å². The van der Waals surface area contributed by atoms with E-state index >= 15 is 0 Å². The first kappa shape index (κ1) is 17.7. The molecule has 2 aliphatic heterocycles. The highest BCUT2D eigenvalue weighted by molar-refractivity contribution is 7.80. The van der Waals surface area contributed by atoms with E-state index in [1.165, 1.54) is 0 Å². The lowest BCUT2D eigenvalue weighted by molar-refractivity contribution is -0.131. The van der Waals surface area contributed by atoms with Crippen LogP contribution in [0.25, 0.3) is 0 Å². The second kappa shape index (κ2) is 7.84. The summed E-state index contributed by atoms with van der Waals surface area (Å²) in [5.74, 6) is 0.756. The van der Waals surface area contributed by atoms with Crippen LogP contribution in [0.2, 0.25) is 0 Å². The number of ether oxygens (including phenoxy) is 2. The molecule has 2 N–H and O–H groups in total. The molecule has 0 aromatic heterocycles. The van der Waals surface area contributed by atoms with Gasteiger partial charge in [0.25, 0.3) is 5.91 Å². The quantitative estimate of drug-likeness (QED) is 0.797. The number of carbonyl (C=O) groups excluding carboxylic acids is 1. The molecular formula is C18H23N3O3S. The standard InChI is InChI=1S/C18H23N3O3S/c1-3-24-14-7-5-4-6-13(14)16-15(12(2)19-18(25)20-16)17(22)21-8-10-23-11-9-21/h4-7,16H,3,8-11H2,1-2H3,(H2,19,20,25)/t16-/m1/s1. The minimum absolute atomic E-state index is 0.000369.